The van der Waals surface area contributed by atoms with Crippen molar-refractivity contribution in [2.24, 2.45) is 0 Å². The Labute approximate surface area is 173 Å². The van der Waals surface area contributed by atoms with Crippen molar-refractivity contribution in [3.8, 4) is 23.1 Å². The van der Waals surface area contributed by atoms with Crippen LogP contribution in [0, 0.1) is 17.1 Å². The molecule has 154 valence electrons. The van der Waals surface area contributed by atoms with Crippen LogP contribution in [0.4, 0.5) is 4.39 Å². The number of fused-ring (bicyclic) bond motifs is 1. The molecule has 1 aliphatic carbocycles. The van der Waals surface area contributed by atoms with E-state index in [2.05, 4.69) is 18.1 Å². The number of benzene rings is 1. The normalized spacial score (nSPS) is 13.1. The Morgan fingerprint density at radius 2 is 2.07 bits per heavy atom. The molecule has 2 aromatic heterocycles. The summed E-state index contributed by atoms with van der Waals surface area (Å²) in [5.74, 6) is -0.985. The standard InChI is InChI=1S/C23H22FN3O3/c1-2-5-16-8-14-6-3-4-7-18(14)23(29)27(16)13-17-10-21(26-30-17)19-11-22(28)20(24)9-15(19)12-25/h8-11,28H,2-7,13H2,1H3. The SMILES string of the molecule is CCCc1cc2c(c(=O)n1Cc1cc(-c3cc(O)c(F)cc3C#N)no1)CCCC2. The third kappa shape index (κ3) is 3.61. The average molecular weight is 407 g/mol. The van der Waals surface area contributed by atoms with E-state index in [4.69, 9.17) is 4.52 Å². The fraction of sp³-hybridized carbons (Fsp3) is 0.348. The van der Waals surface area contributed by atoms with E-state index >= 15 is 0 Å². The van der Waals surface area contributed by atoms with Gasteiger partial charge in [0.2, 0.25) is 0 Å². The first-order chi connectivity index (χ1) is 14.5. The highest BCUT2D eigenvalue weighted by atomic mass is 19.1. The van der Waals surface area contributed by atoms with E-state index in [9.17, 15) is 19.6 Å². The fourth-order valence-electron chi connectivity index (χ4n) is 4.08. The van der Waals surface area contributed by atoms with Gasteiger partial charge in [-0.2, -0.15) is 5.26 Å². The minimum Gasteiger partial charge on any atom is -0.505 e. The van der Waals surface area contributed by atoms with Gasteiger partial charge in [-0.05, 0) is 55.9 Å². The van der Waals surface area contributed by atoms with Crippen molar-refractivity contribution in [2.45, 2.75) is 52.0 Å². The van der Waals surface area contributed by atoms with Gasteiger partial charge < -0.3 is 14.2 Å². The number of pyridine rings is 1. The van der Waals surface area contributed by atoms with Crippen LogP contribution in [0.5, 0.6) is 5.75 Å². The summed E-state index contributed by atoms with van der Waals surface area (Å²) in [7, 11) is 0. The molecule has 1 aliphatic rings. The number of nitriles is 1. The molecule has 0 amide bonds. The number of phenolic OH excluding ortho intramolecular Hbond substituents is 1. The largest absolute Gasteiger partial charge is 0.505 e. The Kier molecular flexibility index (Phi) is 5.40. The van der Waals surface area contributed by atoms with Crippen LogP contribution in [0.2, 0.25) is 0 Å². The number of aryl methyl sites for hydroxylation is 2. The van der Waals surface area contributed by atoms with Gasteiger partial charge in [0.05, 0.1) is 18.2 Å². The van der Waals surface area contributed by atoms with Crippen molar-refractivity contribution < 1.29 is 14.0 Å². The molecule has 1 aromatic carbocycles. The summed E-state index contributed by atoms with van der Waals surface area (Å²) >= 11 is 0. The third-order valence-corrected chi connectivity index (χ3v) is 5.56. The lowest BCUT2D eigenvalue weighted by atomic mass is 9.92. The van der Waals surface area contributed by atoms with E-state index in [1.807, 2.05) is 6.07 Å². The molecule has 0 radical (unpaired) electrons. The number of aromatic nitrogens is 2. The number of phenols is 1. The zero-order valence-electron chi connectivity index (χ0n) is 16.7. The summed E-state index contributed by atoms with van der Waals surface area (Å²) in [4.78, 5) is 13.2. The predicted octanol–water partition coefficient (Wildman–Crippen LogP) is 4.10. The van der Waals surface area contributed by atoms with Gasteiger partial charge in [0.1, 0.15) is 5.69 Å². The Balaban J connectivity index is 1.72. The molecule has 0 fully saturated rings. The van der Waals surface area contributed by atoms with E-state index in [1.165, 1.54) is 0 Å². The van der Waals surface area contributed by atoms with Crippen molar-refractivity contribution in [1.82, 2.24) is 9.72 Å². The minimum absolute atomic E-state index is 0.0192. The second-order valence-electron chi connectivity index (χ2n) is 7.63. The molecule has 0 saturated carbocycles. The number of hydrogen-bond acceptors (Lipinski definition) is 5. The average Bonchev–Trinajstić information content (AvgIpc) is 3.21. The lowest BCUT2D eigenvalue weighted by Gasteiger charge is -2.20. The predicted molar refractivity (Wildman–Crippen MR) is 109 cm³/mol. The van der Waals surface area contributed by atoms with Crippen molar-refractivity contribution in [3.05, 3.63) is 68.6 Å². The molecule has 1 N–H and O–H groups in total. The molecular formula is C23H22FN3O3. The second kappa shape index (κ2) is 8.15. The Bertz CT molecular complexity index is 1200. The zero-order chi connectivity index (χ0) is 21.3. The first-order valence-electron chi connectivity index (χ1n) is 10.1. The topological polar surface area (TPSA) is 92.1 Å². The molecule has 0 spiro atoms. The maximum Gasteiger partial charge on any atom is 0.254 e. The molecule has 0 unspecified atom stereocenters. The lowest BCUT2D eigenvalue weighted by Crippen LogP contribution is -2.30. The Morgan fingerprint density at radius 1 is 1.27 bits per heavy atom. The number of nitrogens with zero attached hydrogens (tertiary/aromatic N) is 3. The summed E-state index contributed by atoms with van der Waals surface area (Å²) in [5.41, 5.74) is 3.66. The minimum atomic E-state index is -0.871. The van der Waals surface area contributed by atoms with Crippen molar-refractivity contribution >= 4 is 0 Å². The molecule has 7 heteroatoms. The van der Waals surface area contributed by atoms with Crippen molar-refractivity contribution in [1.29, 1.82) is 5.26 Å². The molecular weight excluding hydrogens is 385 g/mol. The van der Waals surface area contributed by atoms with E-state index in [0.29, 0.717) is 11.5 Å². The van der Waals surface area contributed by atoms with Crippen LogP contribution < -0.4 is 5.56 Å². The molecule has 0 saturated heterocycles. The first kappa shape index (κ1) is 19.9. The van der Waals surface area contributed by atoms with Crippen LogP contribution in [0.3, 0.4) is 0 Å². The number of rotatable bonds is 5. The first-order valence-corrected chi connectivity index (χ1v) is 10.1. The van der Waals surface area contributed by atoms with E-state index in [-0.39, 0.29) is 23.2 Å². The van der Waals surface area contributed by atoms with Gasteiger partial charge in [-0.25, -0.2) is 4.39 Å². The summed E-state index contributed by atoms with van der Waals surface area (Å²) in [6.45, 7) is 2.30. The Hall–Kier alpha value is -3.40. The smallest absolute Gasteiger partial charge is 0.254 e. The summed E-state index contributed by atoms with van der Waals surface area (Å²) in [5, 5.41) is 22.9. The zero-order valence-corrected chi connectivity index (χ0v) is 16.7. The number of halogens is 1. The highest BCUT2D eigenvalue weighted by molar-refractivity contribution is 5.69. The van der Waals surface area contributed by atoms with Gasteiger partial charge in [0.15, 0.2) is 17.3 Å². The lowest BCUT2D eigenvalue weighted by molar-refractivity contribution is 0.374. The van der Waals surface area contributed by atoms with Gasteiger partial charge in [-0.1, -0.05) is 18.5 Å². The molecule has 0 aliphatic heterocycles. The van der Waals surface area contributed by atoms with Crippen LogP contribution in [-0.4, -0.2) is 14.8 Å². The van der Waals surface area contributed by atoms with E-state index in [0.717, 1.165) is 67.5 Å². The summed E-state index contributed by atoms with van der Waals surface area (Å²) in [6, 6.07) is 7.78. The highest BCUT2D eigenvalue weighted by Gasteiger charge is 2.20. The maximum atomic E-state index is 13.6. The molecule has 4 rings (SSSR count). The molecule has 3 aromatic rings. The van der Waals surface area contributed by atoms with Crippen LogP contribution in [0.25, 0.3) is 11.3 Å². The monoisotopic (exact) mass is 407 g/mol. The van der Waals surface area contributed by atoms with Gasteiger partial charge in [-0.15, -0.1) is 0 Å². The van der Waals surface area contributed by atoms with E-state index in [1.54, 1.807) is 10.6 Å². The van der Waals surface area contributed by atoms with Gasteiger partial charge >= 0.3 is 0 Å². The Morgan fingerprint density at radius 3 is 2.83 bits per heavy atom. The molecule has 0 atom stereocenters. The molecule has 0 bridgehead atoms. The van der Waals surface area contributed by atoms with Gasteiger partial charge in [0.25, 0.3) is 5.56 Å². The fourth-order valence-corrected chi connectivity index (χ4v) is 4.08. The second-order valence-corrected chi connectivity index (χ2v) is 7.63. The van der Waals surface area contributed by atoms with Crippen LogP contribution in [0.15, 0.2) is 33.6 Å². The highest BCUT2D eigenvalue weighted by Crippen LogP contribution is 2.29. The van der Waals surface area contributed by atoms with Crippen LogP contribution >= 0.6 is 0 Å². The molecule has 30 heavy (non-hydrogen) atoms. The van der Waals surface area contributed by atoms with E-state index < -0.39 is 11.6 Å². The van der Waals surface area contributed by atoms with Crippen molar-refractivity contribution in [2.75, 3.05) is 0 Å². The summed E-state index contributed by atoms with van der Waals surface area (Å²) < 4.78 is 20.7. The third-order valence-electron chi connectivity index (χ3n) is 5.56. The van der Waals surface area contributed by atoms with Gasteiger partial charge in [-0.3, -0.25) is 4.79 Å². The molecule has 2 heterocycles. The number of hydrogen-bond donors (Lipinski definition) is 1. The summed E-state index contributed by atoms with van der Waals surface area (Å²) in [6.07, 6.45) is 5.57. The van der Waals surface area contributed by atoms with Crippen LogP contribution in [-0.2, 0) is 25.8 Å². The van der Waals surface area contributed by atoms with Crippen molar-refractivity contribution in [3.63, 3.8) is 0 Å². The quantitative estimate of drug-likeness (QED) is 0.687. The van der Waals surface area contributed by atoms with Gasteiger partial charge in [0, 0.05) is 22.9 Å². The number of aromatic hydroxyl groups is 1. The van der Waals surface area contributed by atoms with Crippen LogP contribution in [0.1, 0.15) is 54.3 Å². The molecule has 6 nitrogen and oxygen atoms in total. The maximum absolute atomic E-state index is 13.6.